The van der Waals surface area contributed by atoms with Crippen molar-refractivity contribution in [3.8, 4) is 0 Å². The van der Waals surface area contributed by atoms with Gasteiger partial charge in [-0.2, -0.15) is 0 Å². The molecular weight excluding hydrogens is 366 g/mol. The molecule has 0 aromatic carbocycles. The van der Waals surface area contributed by atoms with Crippen molar-refractivity contribution in [2.24, 2.45) is 0 Å². The monoisotopic (exact) mass is 395 g/mol. The third-order valence-electron chi connectivity index (χ3n) is 5.48. The van der Waals surface area contributed by atoms with E-state index < -0.39 is 16.1 Å². The van der Waals surface area contributed by atoms with E-state index in [9.17, 15) is 13.2 Å². The quantitative estimate of drug-likeness (QED) is 0.800. The van der Waals surface area contributed by atoms with E-state index >= 15 is 0 Å². The average molecular weight is 396 g/mol. The fraction of sp³-hybridized carbons (Fsp3) is 0.684. The smallest absolute Gasteiger partial charge is 0.407 e. The topological polar surface area (TPSA) is 88.6 Å². The van der Waals surface area contributed by atoms with Crippen LogP contribution in [0.4, 0.5) is 4.79 Å². The largest absolute Gasteiger partial charge is 0.446 e. The fourth-order valence-corrected chi connectivity index (χ4v) is 5.28. The number of carbonyl (C=O) groups excluding carboxylic acids is 1. The lowest BCUT2D eigenvalue weighted by Gasteiger charge is -2.31. The third-order valence-corrected chi connectivity index (χ3v) is 7.35. The van der Waals surface area contributed by atoms with E-state index in [-0.39, 0.29) is 18.4 Å². The molecule has 1 aromatic heterocycles. The minimum Gasteiger partial charge on any atom is -0.446 e. The average Bonchev–Trinajstić information content (AvgIpc) is 2.69. The summed E-state index contributed by atoms with van der Waals surface area (Å²) < 4.78 is 31.9. The molecule has 0 radical (unpaired) electrons. The van der Waals surface area contributed by atoms with Crippen molar-refractivity contribution in [2.75, 3.05) is 25.4 Å². The predicted molar refractivity (Wildman–Crippen MR) is 103 cm³/mol. The van der Waals surface area contributed by atoms with Crippen molar-refractivity contribution in [1.29, 1.82) is 0 Å². The van der Waals surface area contributed by atoms with Crippen LogP contribution in [-0.2, 0) is 14.8 Å². The van der Waals surface area contributed by atoms with Gasteiger partial charge in [0.25, 0.3) is 0 Å². The summed E-state index contributed by atoms with van der Waals surface area (Å²) in [7, 11) is -3.37. The molecule has 7 nitrogen and oxygen atoms in total. The summed E-state index contributed by atoms with van der Waals surface area (Å²) in [6, 6.07) is 3.99. The number of nitrogens with zero attached hydrogens (tertiary/aromatic N) is 2. The van der Waals surface area contributed by atoms with Crippen LogP contribution < -0.4 is 5.32 Å². The Labute approximate surface area is 161 Å². The first-order valence-corrected chi connectivity index (χ1v) is 11.5. The fourth-order valence-electron chi connectivity index (χ4n) is 3.89. The molecule has 1 N–H and O–H groups in total. The van der Waals surface area contributed by atoms with Gasteiger partial charge in [-0.1, -0.05) is 6.42 Å². The maximum absolute atomic E-state index is 12.5. The summed E-state index contributed by atoms with van der Waals surface area (Å²) in [5, 5.41) is 2.59. The second-order valence-corrected chi connectivity index (χ2v) is 9.45. The number of sulfonamides is 1. The number of alkyl carbamates (subject to hydrolysis) is 1. The molecule has 0 bridgehead atoms. The van der Waals surface area contributed by atoms with E-state index in [2.05, 4.69) is 10.3 Å². The number of pyridine rings is 1. The molecule has 1 saturated heterocycles. The van der Waals surface area contributed by atoms with Gasteiger partial charge >= 0.3 is 6.09 Å². The number of piperidine rings is 1. The minimum absolute atomic E-state index is 0.0254. The highest BCUT2D eigenvalue weighted by Gasteiger charge is 2.28. The molecule has 1 aliphatic heterocycles. The van der Waals surface area contributed by atoms with E-state index in [4.69, 9.17) is 4.74 Å². The Hall–Kier alpha value is -1.67. The van der Waals surface area contributed by atoms with Crippen LogP contribution in [0.2, 0.25) is 0 Å². The van der Waals surface area contributed by atoms with E-state index in [0.717, 1.165) is 38.5 Å². The van der Waals surface area contributed by atoms with Gasteiger partial charge in [-0.05, 0) is 62.1 Å². The minimum atomic E-state index is -3.37. The Morgan fingerprint density at radius 1 is 1.11 bits per heavy atom. The van der Waals surface area contributed by atoms with Crippen LogP contribution in [-0.4, -0.2) is 55.3 Å². The molecule has 0 spiro atoms. The summed E-state index contributed by atoms with van der Waals surface area (Å²) in [5.41, 5.74) is 1.22. The van der Waals surface area contributed by atoms with Crippen molar-refractivity contribution in [2.45, 2.75) is 57.0 Å². The van der Waals surface area contributed by atoms with Crippen LogP contribution in [0.25, 0.3) is 0 Å². The van der Waals surface area contributed by atoms with Crippen LogP contribution in [0, 0.1) is 0 Å². The van der Waals surface area contributed by atoms with Crippen LogP contribution in [0.15, 0.2) is 24.5 Å². The lowest BCUT2D eigenvalue weighted by molar-refractivity contribution is 0.0758. The number of amides is 1. The van der Waals surface area contributed by atoms with E-state index in [1.807, 2.05) is 12.1 Å². The lowest BCUT2D eigenvalue weighted by Crippen LogP contribution is -2.42. The SMILES string of the molecule is O=C(NCCS(=O)(=O)N1CCC(c2ccncc2)CC1)OC1CCCCC1. The van der Waals surface area contributed by atoms with E-state index in [1.165, 1.54) is 12.0 Å². The first kappa shape index (κ1) is 20.1. The third kappa shape index (κ3) is 5.90. The van der Waals surface area contributed by atoms with Crippen molar-refractivity contribution in [3.63, 3.8) is 0 Å². The zero-order valence-corrected chi connectivity index (χ0v) is 16.5. The van der Waals surface area contributed by atoms with Gasteiger partial charge in [0.15, 0.2) is 0 Å². The maximum Gasteiger partial charge on any atom is 0.407 e. The molecule has 0 unspecified atom stereocenters. The molecule has 27 heavy (non-hydrogen) atoms. The van der Waals surface area contributed by atoms with Crippen LogP contribution in [0.5, 0.6) is 0 Å². The van der Waals surface area contributed by atoms with E-state index in [1.54, 1.807) is 16.7 Å². The Bertz CT molecular complexity index is 697. The van der Waals surface area contributed by atoms with Gasteiger partial charge in [-0.15, -0.1) is 0 Å². The van der Waals surface area contributed by atoms with Gasteiger partial charge in [0.2, 0.25) is 10.0 Å². The van der Waals surface area contributed by atoms with E-state index in [0.29, 0.717) is 19.0 Å². The number of rotatable bonds is 6. The van der Waals surface area contributed by atoms with Crippen molar-refractivity contribution in [3.05, 3.63) is 30.1 Å². The Kier molecular flexibility index (Phi) is 7.07. The number of carbonyl (C=O) groups is 1. The highest BCUT2D eigenvalue weighted by Crippen LogP contribution is 2.28. The normalized spacial score (nSPS) is 20.3. The number of hydrogen-bond acceptors (Lipinski definition) is 5. The van der Waals surface area contributed by atoms with Crippen molar-refractivity contribution >= 4 is 16.1 Å². The van der Waals surface area contributed by atoms with Gasteiger partial charge in [0.1, 0.15) is 6.10 Å². The molecule has 8 heteroatoms. The zero-order chi connectivity index (χ0) is 19.1. The predicted octanol–water partition coefficient (Wildman–Crippen LogP) is 2.65. The van der Waals surface area contributed by atoms with Crippen LogP contribution in [0.3, 0.4) is 0 Å². The summed E-state index contributed by atoms with van der Waals surface area (Å²) in [5.74, 6) is 0.287. The Morgan fingerprint density at radius 3 is 2.44 bits per heavy atom. The van der Waals surface area contributed by atoms with Crippen LogP contribution >= 0.6 is 0 Å². The number of ether oxygens (including phenoxy) is 1. The molecule has 1 amide bonds. The summed E-state index contributed by atoms with van der Waals surface area (Å²) in [6.07, 6.45) is 9.79. The van der Waals surface area contributed by atoms with Gasteiger partial charge in [0.05, 0.1) is 5.75 Å². The van der Waals surface area contributed by atoms with Crippen LogP contribution in [0.1, 0.15) is 56.4 Å². The molecule has 0 atom stereocenters. The molecular formula is C19H29N3O4S. The first-order chi connectivity index (χ1) is 13.0. The first-order valence-electron chi connectivity index (χ1n) is 9.87. The lowest BCUT2D eigenvalue weighted by atomic mass is 9.91. The highest BCUT2D eigenvalue weighted by molar-refractivity contribution is 7.89. The number of aromatic nitrogens is 1. The van der Waals surface area contributed by atoms with Crippen molar-refractivity contribution < 1.29 is 17.9 Å². The summed E-state index contributed by atoms with van der Waals surface area (Å²) in [6.45, 7) is 1.11. The molecule has 1 aliphatic carbocycles. The number of nitrogens with one attached hydrogen (secondary N) is 1. The molecule has 150 valence electrons. The molecule has 3 rings (SSSR count). The molecule has 2 aliphatic rings. The maximum atomic E-state index is 12.5. The van der Waals surface area contributed by atoms with Crippen molar-refractivity contribution in [1.82, 2.24) is 14.6 Å². The molecule has 2 heterocycles. The molecule has 1 aromatic rings. The van der Waals surface area contributed by atoms with Gasteiger partial charge in [-0.3, -0.25) is 4.98 Å². The van der Waals surface area contributed by atoms with Gasteiger partial charge < -0.3 is 10.1 Å². The highest BCUT2D eigenvalue weighted by atomic mass is 32.2. The summed E-state index contributed by atoms with van der Waals surface area (Å²) >= 11 is 0. The summed E-state index contributed by atoms with van der Waals surface area (Å²) in [4.78, 5) is 15.9. The van der Waals surface area contributed by atoms with Gasteiger partial charge in [0, 0.05) is 32.0 Å². The second kappa shape index (κ2) is 9.50. The Balaban J connectivity index is 1.39. The molecule has 2 fully saturated rings. The zero-order valence-electron chi connectivity index (χ0n) is 15.7. The van der Waals surface area contributed by atoms with Gasteiger partial charge in [-0.25, -0.2) is 17.5 Å². The number of hydrogen-bond donors (Lipinski definition) is 1. The second-order valence-electron chi connectivity index (χ2n) is 7.36. The standard InChI is InChI=1S/C19H29N3O4S/c23-19(26-18-4-2-1-3-5-18)21-12-15-27(24,25)22-13-8-17(9-14-22)16-6-10-20-11-7-16/h6-7,10-11,17-18H,1-5,8-9,12-15H2,(H,21,23). The Morgan fingerprint density at radius 2 is 1.78 bits per heavy atom. The molecule has 1 saturated carbocycles.